The first kappa shape index (κ1) is 16.0. The molecule has 2 rings (SSSR count). The van der Waals surface area contributed by atoms with Crippen molar-refractivity contribution in [2.75, 3.05) is 7.11 Å². The van der Waals surface area contributed by atoms with Gasteiger partial charge in [-0.2, -0.15) is 0 Å². The number of nitrogens with one attached hydrogen (secondary N) is 1. The van der Waals surface area contributed by atoms with Crippen LogP contribution in [0.15, 0.2) is 53.7 Å². The molecule has 5 heteroatoms. The molecule has 114 valence electrons. The van der Waals surface area contributed by atoms with Gasteiger partial charge in [0.2, 0.25) is 0 Å². The fourth-order valence-corrected chi connectivity index (χ4v) is 2.07. The molecule has 4 nitrogen and oxygen atoms in total. The van der Waals surface area contributed by atoms with Crippen LogP contribution in [-0.4, -0.2) is 19.2 Å². The third kappa shape index (κ3) is 4.33. The van der Waals surface area contributed by atoms with Gasteiger partial charge >= 0.3 is 0 Å². The number of hydrogen-bond acceptors (Lipinski definition) is 3. The summed E-state index contributed by atoms with van der Waals surface area (Å²) in [6.07, 6.45) is 1.58. The van der Waals surface area contributed by atoms with E-state index in [0.717, 1.165) is 11.1 Å². The van der Waals surface area contributed by atoms with E-state index in [1.807, 2.05) is 43.3 Å². The van der Waals surface area contributed by atoms with E-state index in [2.05, 4.69) is 15.3 Å². The van der Waals surface area contributed by atoms with E-state index in [0.29, 0.717) is 10.6 Å². The van der Waals surface area contributed by atoms with E-state index in [-0.39, 0.29) is 11.9 Å². The molecule has 0 fully saturated rings. The Morgan fingerprint density at radius 2 is 1.82 bits per heavy atom. The van der Waals surface area contributed by atoms with E-state index < -0.39 is 0 Å². The van der Waals surface area contributed by atoms with E-state index in [9.17, 15) is 4.79 Å². The lowest BCUT2D eigenvalue weighted by atomic mass is 10.1. The minimum atomic E-state index is -0.127. The second kappa shape index (κ2) is 7.61. The number of carbonyl (C=O) groups is 1. The van der Waals surface area contributed by atoms with Crippen LogP contribution < -0.4 is 5.32 Å². The maximum Gasteiger partial charge on any atom is 0.251 e. The largest absolute Gasteiger partial charge is 0.399 e. The SMILES string of the molecule is CO/N=C/c1ccc(C(=O)NC(C)c2ccc(Cl)cc2)cc1. The molecule has 0 saturated heterocycles. The van der Waals surface area contributed by atoms with Gasteiger partial charge in [0.15, 0.2) is 0 Å². The molecule has 0 aliphatic carbocycles. The van der Waals surface area contributed by atoms with Crippen molar-refractivity contribution in [1.82, 2.24) is 5.32 Å². The highest BCUT2D eigenvalue weighted by Gasteiger charge is 2.11. The second-order valence-electron chi connectivity index (χ2n) is 4.79. The summed E-state index contributed by atoms with van der Waals surface area (Å²) in [5.74, 6) is -0.127. The zero-order valence-electron chi connectivity index (χ0n) is 12.4. The molecule has 2 aromatic carbocycles. The van der Waals surface area contributed by atoms with Gasteiger partial charge in [-0.3, -0.25) is 4.79 Å². The summed E-state index contributed by atoms with van der Waals surface area (Å²) < 4.78 is 0. The van der Waals surface area contributed by atoms with Crippen molar-refractivity contribution in [2.24, 2.45) is 5.16 Å². The van der Waals surface area contributed by atoms with Crippen LogP contribution in [0.25, 0.3) is 0 Å². The lowest BCUT2D eigenvalue weighted by Gasteiger charge is -2.14. The lowest BCUT2D eigenvalue weighted by molar-refractivity contribution is 0.0940. The summed E-state index contributed by atoms with van der Waals surface area (Å²) in [7, 11) is 1.48. The highest BCUT2D eigenvalue weighted by atomic mass is 35.5. The third-order valence-corrected chi connectivity index (χ3v) is 3.45. The van der Waals surface area contributed by atoms with Gasteiger partial charge in [0.1, 0.15) is 7.11 Å². The molecule has 0 heterocycles. The minimum absolute atomic E-state index is 0.0977. The van der Waals surface area contributed by atoms with Gasteiger partial charge in [-0.25, -0.2) is 0 Å². The number of rotatable bonds is 5. The topological polar surface area (TPSA) is 50.7 Å². The maximum atomic E-state index is 12.2. The number of hydrogen-bond donors (Lipinski definition) is 1. The summed E-state index contributed by atoms with van der Waals surface area (Å²) >= 11 is 5.86. The molecule has 1 atom stereocenters. The molecule has 0 aliphatic heterocycles. The minimum Gasteiger partial charge on any atom is -0.399 e. The highest BCUT2D eigenvalue weighted by molar-refractivity contribution is 6.30. The number of halogens is 1. The molecule has 0 saturated carbocycles. The highest BCUT2D eigenvalue weighted by Crippen LogP contribution is 2.16. The van der Waals surface area contributed by atoms with Crippen molar-refractivity contribution in [3.63, 3.8) is 0 Å². The number of benzene rings is 2. The van der Waals surface area contributed by atoms with Gasteiger partial charge in [0, 0.05) is 10.6 Å². The maximum absolute atomic E-state index is 12.2. The molecule has 0 aromatic heterocycles. The first-order valence-electron chi connectivity index (χ1n) is 6.83. The Morgan fingerprint density at radius 3 is 2.41 bits per heavy atom. The number of amides is 1. The van der Waals surface area contributed by atoms with Crippen LogP contribution in [0.5, 0.6) is 0 Å². The van der Waals surface area contributed by atoms with Crippen molar-refractivity contribution in [1.29, 1.82) is 0 Å². The van der Waals surface area contributed by atoms with E-state index in [4.69, 9.17) is 11.6 Å². The number of oxime groups is 1. The van der Waals surface area contributed by atoms with Gasteiger partial charge in [0.25, 0.3) is 5.91 Å². The summed E-state index contributed by atoms with van der Waals surface area (Å²) in [4.78, 5) is 16.8. The molecule has 1 amide bonds. The number of carbonyl (C=O) groups excluding carboxylic acids is 1. The Morgan fingerprint density at radius 1 is 1.18 bits per heavy atom. The lowest BCUT2D eigenvalue weighted by Crippen LogP contribution is -2.26. The fourth-order valence-electron chi connectivity index (χ4n) is 1.95. The van der Waals surface area contributed by atoms with Crippen LogP contribution in [0, 0.1) is 0 Å². The Hall–Kier alpha value is -2.33. The molecule has 0 spiro atoms. The van der Waals surface area contributed by atoms with Crippen molar-refractivity contribution in [3.8, 4) is 0 Å². The summed E-state index contributed by atoms with van der Waals surface area (Å²) in [5, 5.41) is 7.31. The normalized spacial score (nSPS) is 12.1. The van der Waals surface area contributed by atoms with E-state index in [1.165, 1.54) is 7.11 Å². The van der Waals surface area contributed by atoms with Crippen molar-refractivity contribution >= 4 is 23.7 Å². The monoisotopic (exact) mass is 316 g/mol. The fraction of sp³-hybridized carbons (Fsp3) is 0.176. The van der Waals surface area contributed by atoms with Crippen molar-refractivity contribution < 1.29 is 9.63 Å². The summed E-state index contributed by atoms with van der Waals surface area (Å²) in [6, 6.07) is 14.4. The smallest absolute Gasteiger partial charge is 0.251 e. The first-order chi connectivity index (χ1) is 10.6. The van der Waals surface area contributed by atoms with Crippen LogP contribution in [0.1, 0.15) is 34.5 Å². The molecular formula is C17H17ClN2O2. The molecule has 0 bridgehead atoms. The Kier molecular flexibility index (Phi) is 5.55. The Labute approximate surface area is 134 Å². The predicted molar refractivity (Wildman–Crippen MR) is 88.4 cm³/mol. The molecule has 1 N–H and O–H groups in total. The average molecular weight is 317 g/mol. The molecule has 0 radical (unpaired) electrons. The van der Waals surface area contributed by atoms with Crippen LogP contribution in [-0.2, 0) is 4.84 Å². The third-order valence-electron chi connectivity index (χ3n) is 3.20. The molecular weight excluding hydrogens is 300 g/mol. The van der Waals surface area contributed by atoms with Crippen LogP contribution in [0.2, 0.25) is 5.02 Å². The van der Waals surface area contributed by atoms with Crippen LogP contribution in [0.4, 0.5) is 0 Å². The van der Waals surface area contributed by atoms with Gasteiger partial charge in [-0.05, 0) is 42.3 Å². The summed E-state index contributed by atoms with van der Waals surface area (Å²) in [5.41, 5.74) is 2.46. The molecule has 2 aromatic rings. The standard InChI is InChI=1S/C17H17ClN2O2/c1-12(14-7-9-16(18)10-8-14)20-17(21)15-5-3-13(4-6-15)11-19-22-2/h3-12H,1-2H3,(H,20,21)/b19-11+. The van der Waals surface area contributed by atoms with Crippen molar-refractivity contribution in [2.45, 2.75) is 13.0 Å². The van der Waals surface area contributed by atoms with E-state index in [1.54, 1.807) is 18.3 Å². The van der Waals surface area contributed by atoms with Crippen LogP contribution in [0.3, 0.4) is 0 Å². The van der Waals surface area contributed by atoms with Crippen LogP contribution >= 0.6 is 11.6 Å². The zero-order chi connectivity index (χ0) is 15.9. The molecule has 1 unspecified atom stereocenters. The first-order valence-corrected chi connectivity index (χ1v) is 7.21. The zero-order valence-corrected chi connectivity index (χ0v) is 13.2. The quantitative estimate of drug-likeness (QED) is 0.673. The predicted octanol–water partition coefficient (Wildman–Crippen LogP) is 3.81. The van der Waals surface area contributed by atoms with Gasteiger partial charge in [-0.1, -0.05) is 41.0 Å². The number of nitrogens with zero attached hydrogens (tertiary/aromatic N) is 1. The van der Waals surface area contributed by atoms with Gasteiger partial charge < -0.3 is 10.2 Å². The molecule has 0 aliphatic rings. The van der Waals surface area contributed by atoms with Gasteiger partial charge in [-0.15, -0.1) is 0 Å². The van der Waals surface area contributed by atoms with Crippen molar-refractivity contribution in [3.05, 3.63) is 70.2 Å². The Bertz CT molecular complexity index is 651. The second-order valence-corrected chi connectivity index (χ2v) is 5.22. The van der Waals surface area contributed by atoms with E-state index >= 15 is 0 Å². The van der Waals surface area contributed by atoms with Gasteiger partial charge in [0.05, 0.1) is 12.3 Å². The molecule has 22 heavy (non-hydrogen) atoms. The Balaban J connectivity index is 2.02. The summed E-state index contributed by atoms with van der Waals surface area (Å²) in [6.45, 7) is 1.93. The average Bonchev–Trinajstić information content (AvgIpc) is 2.54.